The lowest BCUT2D eigenvalue weighted by Gasteiger charge is -2.20. The lowest BCUT2D eigenvalue weighted by Crippen LogP contribution is -2.34. The average Bonchev–Trinajstić information content (AvgIpc) is 2.58. The van der Waals surface area contributed by atoms with Crippen LogP contribution < -0.4 is 15.2 Å². The maximum Gasteiger partial charge on any atom is 0.231 e. The normalized spacial score (nSPS) is 14.2. The van der Waals surface area contributed by atoms with E-state index in [1.54, 1.807) is 6.07 Å². The van der Waals surface area contributed by atoms with Gasteiger partial charge in [0.05, 0.1) is 5.02 Å². The third kappa shape index (κ3) is 2.03. The van der Waals surface area contributed by atoms with Gasteiger partial charge >= 0.3 is 0 Å². The highest BCUT2D eigenvalue weighted by Gasteiger charge is 2.26. The number of phenols is 1. The molecule has 1 aromatic rings. The molecule has 0 radical (unpaired) electrons. The number of halogens is 1. The molecule has 2 rings (SSSR count). The van der Waals surface area contributed by atoms with E-state index in [0.29, 0.717) is 23.5 Å². The zero-order chi connectivity index (χ0) is 11.9. The molecule has 16 heavy (non-hydrogen) atoms. The van der Waals surface area contributed by atoms with Crippen molar-refractivity contribution in [2.75, 3.05) is 6.79 Å². The fraction of sp³-hybridized carbons (Fsp3) is 0.455. The first-order chi connectivity index (χ1) is 7.38. The number of phenolic OH excluding ortho intramolecular Hbond substituents is 1. The van der Waals surface area contributed by atoms with Gasteiger partial charge in [-0.15, -0.1) is 0 Å². The lowest BCUT2D eigenvalue weighted by atomic mass is 9.94. The molecule has 1 aromatic carbocycles. The van der Waals surface area contributed by atoms with Crippen LogP contribution in [0, 0.1) is 0 Å². The fourth-order valence-electron chi connectivity index (χ4n) is 1.69. The SMILES string of the molecule is CC(C)(N)Cc1c(O)c(Cl)cc2c1OCO2. The van der Waals surface area contributed by atoms with Crippen molar-refractivity contribution < 1.29 is 14.6 Å². The Labute approximate surface area is 98.9 Å². The molecule has 4 nitrogen and oxygen atoms in total. The minimum atomic E-state index is -0.456. The number of rotatable bonds is 2. The van der Waals surface area contributed by atoms with E-state index in [1.165, 1.54) is 0 Å². The van der Waals surface area contributed by atoms with Crippen molar-refractivity contribution in [3.63, 3.8) is 0 Å². The van der Waals surface area contributed by atoms with Crippen LogP contribution in [0.1, 0.15) is 19.4 Å². The Kier molecular flexibility index (Phi) is 2.64. The second-order valence-electron chi connectivity index (χ2n) is 4.58. The molecule has 0 saturated heterocycles. The van der Waals surface area contributed by atoms with Crippen LogP contribution in [0.4, 0.5) is 0 Å². The van der Waals surface area contributed by atoms with E-state index in [-0.39, 0.29) is 17.6 Å². The van der Waals surface area contributed by atoms with Gasteiger partial charge in [0.15, 0.2) is 11.5 Å². The minimum absolute atomic E-state index is 0.0180. The maximum absolute atomic E-state index is 9.90. The van der Waals surface area contributed by atoms with Gasteiger partial charge in [-0.25, -0.2) is 0 Å². The molecule has 0 spiro atoms. The molecule has 0 amide bonds. The molecule has 0 atom stereocenters. The van der Waals surface area contributed by atoms with Crippen LogP contribution in [-0.2, 0) is 6.42 Å². The molecule has 1 aliphatic rings. The maximum atomic E-state index is 9.90. The zero-order valence-corrected chi connectivity index (χ0v) is 9.97. The number of aromatic hydroxyl groups is 1. The first-order valence-electron chi connectivity index (χ1n) is 4.97. The highest BCUT2D eigenvalue weighted by molar-refractivity contribution is 6.32. The van der Waals surface area contributed by atoms with E-state index in [9.17, 15) is 5.11 Å². The lowest BCUT2D eigenvalue weighted by molar-refractivity contribution is 0.173. The summed E-state index contributed by atoms with van der Waals surface area (Å²) in [4.78, 5) is 0. The number of benzene rings is 1. The van der Waals surface area contributed by atoms with Crippen molar-refractivity contribution >= 4 is 11.6 Å². The number of hydrogen-bond donors (Lipinski definition) is 2. The fourth-order valence-corrected chi connectivity index (χ4v) is 1.90. The van der Waals surface area contributed by atoms with Crippen LogP contribution >= 0.6 is 11.6 Å². The van der Waals surface area contributed by atoms with Gasteiger partial charge < -0.3 is 20.3 Å². The van der Waals surface area contributed by atoms with Crippen LogP contribution in [-0.4, -0.2) is 17.4 Å². The molecule has 1 aliphatic heterocycles. The Morgan fingerprint density at radius 2 is 2.19 bits per heavy atom. The van der Waals surface area contributed by atoms with Crippen LogP contribution in [0.25, 0.3) is 0 Å². The van der Waals surface area contributed by atoms with Gasteiger partial charge in [-0.3, -0.25) is 0 Å². The molecule has 88 valence electrons. The standard InChI is InChI=1S/C11H14ClNO3/c1-11(2,13)4-6-9(14)7(12)3-8-10(6)16-5-15-8/h3,14H,4-5,13H2,1-2H3. The molecule has 0 saturated carbocycles. The van der Waals surface area contributed by atoms with E-state index in [1.807, 2.05) is 13.8 Å². The van der Waals surface area contributed by atoms with Gasteiger partial charge in [0, 0.05) is 17.2 Å². The van der Waals surface area contributed by atoms with Gasteiger partial charge in [-0.05, 0) is 20.3 Å². The highest BCUT2D eigenvalue weighted by Crippen LogP contribution is 2.45. The van der Waals surface area contributed by atoms with Crippen LogP contribution in [0.2, 0.25) is 5.02 Å². The summed E-state index contributed by atoms with van der Waals surface area (Å²) in [6, 6.07) is 1.55. The third-order valence-corrected chi connectivity index (χ3v) is 2.61. The first kappa shape index (κ1) is 11.4. The van der Waals surface area contributed by atoms with Crippen LogP contribution in [0.15, 0.2) is 6.07 Å². The molecule has 0 fully saturated rings. The number of nitrogens with two attached hydrogens (primary N) is 1. The molecule has 0 aliphatic carbocycles. The van der Waals surface area contributed by atoms with Crippen LogP contribution in [0.3, 0.4) is 0 Å². The summed E-state index contributed by atoms with van der Waals surface area (Å²) < 4.78 is 10.5. The number of fused-ring (bicyclic) bond motifs is 1. The summed E-state index contributed by atoms with van der Waals surface area (Å²) in [5.41, 5.74) is 6.08. The van der Waals surface area contributed by atoms with Crippen molar-refractivity contribution in [1.82, 2.24) is 0 Å². The smallest absolute Gasteiger partial charge is 0.231 e. The highest BCUT2D eigenvalue weighted by atomic mass is 35.5. The zero-order valence-electron chi connectivity index (χ0n) is 9.21. The van der Waals surface area contributed by atoms with E-state index in [2.05, 4.69) is 0 Å². The topological polar surface area (TPSA) is 64.7 Å². The second-order valence-corrected chi connectivity index (χ2v) is 4.99. The molecular weight excluding hydrogens is 230 g/mol. The molecule has 0 unspecified atom stereocenters. The van der Waals surface area contributed by atoms with Gasteiger partial charge in [0.1, 0.15) is 5.75 Å². The molecular formula is C11H14ClNO3. The summed E-state index contributed by atoms with van der Waals surface area (Å²) in [5, 5.41) is 10.2. The largest absolute Gasteiger partial charge is 0.506 e. The van der Waals surface area contributed by atoms with Crippen molar-refractivity contribution in [3.05, 3.63) is 16.7 Å². The summed E-state index contributed by atoms with van der Waals surface area (Å²) in [6.45, 7) is 3.89. The first-order valence-corrected chi connectivity index (χ1v) is 5.35. The molecule has 5 heteroatoms. The van der Waals surface area contributed by atoms with Gasteiger partial charge in [-0.2, -0.15) is 0 Å². The van der Waals surface area contributed by atoms with Crippen LogP contribution in [0.5, 0.6) is 17.2 Å². The van der Waals surface area contributed by atoms with Crippen molar-refractivity contribution in [2.24, 2.45) is 5.73 Å². The van der Waals surface area contributed by atoms with E-state index in [0.717, 1.165) is 0 Å². The minimum Gasteiger partial charge on any atom is -0.506 e. The van der Waals surface area contributed by atoms with Crippen molar-refractivity contribution in [2.45, 2.75) is 25.8 Å². The van der Waals surface area contributed by atoms with Crippen molar-refractivity contribution in [3.8, 4) is 17.2 Å². The monoisotopic (exact) mass is 243 g/mol. The Morgan fingerprint density at radius 3 is 2.81 bits per heavy atom. The summed E-state index contributed by atoms with van der Waals surface area (Å²) in [7, 11) is 0. The summed E-state index contributed by atoms with van der Waals surface area (Å²) in [5.74, 6) is 1.12. The second kappa shape index (κ2) is 3.71. The molecule has 0 bridgehead atoms. The predicted molar refractivity (Wildman–Crippen MR) is 61.2 cm³/mol. The third-order valence-electron chi connectivity index (χ3n) is 2.32. The van der Waals surface area contributed by atoms with Gasteiger partial charge in [0.2, 0.25) is 6.79 Å². The average molecular weight is 244 g/mol. The molecule has 0 aromatic heterocycles. The predicted octanol–water partition coefficient (Wildman–Crippen LogP) is 2.05. The Bertz CT molecular complexity index is 426. The molecule has 1 heterocycles. The molecule has 3 N–H and O–H groups in total. The Morgan fingerprint density at radius 1 is 1.50 bits per heavy atom. The summed E-state index contributed by atoms with van der Waals surface area (Å²) >= 11 is 5.90. The van der Waals surface area contributed by atoms with E-state index < -0.39 is 5.54 Å². The van der Waals surface area contributed by atoms with E-state index >= 15 is 0 Å². The van der Waals surface area contributed by atoms with Gasteiger partial charge in [-0.1, -0.05) is 11.6 Å². The number of ether oxygens (including phenoxy) is 2. The van der Waals surface area contributed by atoms with Crippen molar-refractivity contribution in [1.29, 1.82) is 0 Å². The number of hydrogen-bond acceptors (Lipinski definition) is 4. The van der Waals surface area contributed by atoms with Gasteiger partial charge in [0.25, 0.3) is 0 Å². The summed E-state index contributed by atoms with van der Waals surface area (Å²) in [6.07, 6.45) is 0.463. The van der Waals surface area contributed by atoms with E-state index in [4.69, 9.17) is 26.8 Å². The Hall–Kier alpha value is -1.13. The Balaban J connectivity index is 2.50. The quantitative estimate of drug-likeness (QED) is 0.835.